The van der Waals surface area contributed by atoms with Crippen LogP contribution in [0.4, 0.5) is 10.5 Å². The predicted molar refractivity (Wildman–Crippen MR) is 85.9 cm³/mol. The van der Waals surface area contributed by atoms with E-state index in [4.69, 9.17) is 0 Å². The third kappa shape index (κ3) is 3.24. The van der Waals surface area contributed by atoms with E-state index in [0.29, 0.717) is 0 Å². The number of fused-ring (bicyclic) bond motifs is 1. The molecule has 1 heterocycles. The molecule has 5 heteroatoms. The van der Waals surface area contributed by atoms with E-state index in [1.54, 1.807) is 11.3 Å². The van der Waals surface area contributed by atoms with Crippen molar-refractivity contribution in [1.29, 1.82) is 0 Å². The third-order valence-electron chi connectivity index (χ3n) is 3.64. The maximum Gasteiger partial charge on any atom is 0.319 e. The van der Waals surface area contributed by atoms with Gasteiger partial charge in [0.05, 0.1) is 16.7 Å². The zero-order valence-electron chi connectivity index (χ0n) is 12.3. The van der Waals surface area contributed by atoms with Gasteiger partial charge >= 0.3 is 6.03 Å². The lowest BCUT2D eigenvalue weighted by Gasteiger charge is -2.22. The van der Waals surface area contributed by atoms with E-state index in [-0.39, 0.29) is 12.1 Å². The van der Waals surface area contributed by atoms with E-state index < -0.39 is 0 Å². The number of thiazole rings is 1. The Morgan fingerprint density at radius 3 is 3.05 bits per heavy atom. The van der Waals surface area contributed by atoms with Crippen LogP contribution in [0.5, 0.6) is 0 Å². The summed E-state index contributed by atoms with van der Waals surface area (Å²) in [4.78, 5) is 18.1. The summed E-state index contributed by atoms with van der Waals surface area (Å²) in [5.74, 6) is 0. The predicted octanol–water partition coefficient (Wildman–Crippen LogP) is 3.96. The van der Waals surface area contributed by atoms with Crippen molar-refractivity contribution in [1.82, 2.24) is 10.3 Å². The second-order valence-corrected chi connectivity index (χ2v) is 6.74. The van der Waals surface area contributed by atoms with Gasteiger partial charge in [0.1, 0.15) is 0 Å². The number of carbonyl (C=O) groups excluding carboxylic acids is 1. The molecule has 1 aliphatic rings. The Labute approximate surface area is 128 Å². The maximum absolute atomic E-state index is 12.2. The van der Waals surface area contributed by atoms with Gasteiger partial charge in [0.2, 0.25) is 0 Å². The molecular formula is C16H19N3OS. The molecule has 0 spiro atoms. The summed E-state index contributed by atoms with van der Waals surface area (Å²) >= 11 is 1.74. The molecule has 2 N–H and O–H groups in total. The molecule has 1 atom stereocenters. The van der Waals surface area contributed by atoms with Crippen LogP contribution in [0.15, 0.2) is 24.3 Å². The van der Waals surface area contributed by atoms with E-state index in [1.807, 2.05) is 38.1 Å². The number of benzene rings is 1. The number of urea groups is 1. The highest BCUT2D eigenvalue weighted by atomic mass is 32.1. The third-order valence-corrected chi connectivity index (χ3v) is 4.69. The van der Waals surface area contributed by atoms with Gasteiger partial charge in [0.25, 0.3) is 0 Å². The molecule has 0 aliphatic heterocycles. The summed E-state index contributed by atoms with van der Waals surface area (Å²) in [6, 6.07) is 7.67. The van der Waals surface area contributed by atoms with Crippen molar-refractivity contribution in [2.24, 2.45) is 0 Å². The normalized spacial score (nSPS) is 17.1. The average molecular weight is 301 g/mol. The summed E-state index contributed by atoms with van der Waals surface area (Å²) in [6.07, 6.45) is 3.14. The number of rotatable bonds is 2. The van der Waals surface area contributed by atoms with Crippen LogP contribution in [-0.2, 0) is 6.42 Å². The van der Waals surface area contributed by atoms with Crippen LogP contribution < -0.4 is 10.6 Å². The van der Waals surface area contributed by atoms with Gasteiger partial charge in [-0.05, 0) is 50.8 Å². The van der Waals surface area contributed by atoms with Crippen LogP contribution in [-0.4, -0.2) is 11.0 Å². The van der Waals surface area contributed by atoms with Crippen LogP contribution in [0.2, 0.25) is 0 Å². The fourth-order valence-electron chi connectivity index (χ4n) is 2.73. The molecule has 2 aromatic rings. The number of carbonyl (C=O) groups is 1. The number of anilines is 1. The molecule has 0 bridgehead atoms. The molecule has 1 aromatic carbocycles. The molecule has 0 fully saturated rings. The van der Waals surface area contributed by atoms with Crippen LogP contribution in [0.3, 0.4) is 0 Å². The van der Waals surface area contributed by atoms with Crippen molar-refractivity contribution in [3.05, 3.63) is 45.4 Å². The summed E-state index contributed by atoms with van der Waals surface area (Å²) in [6.45, 7) is 4.03. The minimum absolute atomic E-state index is 0.0310. The Morgan fingerprint density at radius 1 is 1.38 bits per heavy atom. The number of aromatic nitrogens is 1. The Bertz CT molecular complexity index is 665. The van der Waals surface area contributed by atoms with E-state index in [0.717, 1.165) is 41.2 Å². The van der Waals surface area contributed by atoms with E-state index >= 15 is 0 Å². The minimum Gasteiger partial charge on any atom is -0.329 e. The number of aryl methyl sites for hydroxylation is 3. The standard InChI is InChI=1S/C16H19N3OS/c1-10-5-3-6-12(9-10)18-16(20)19-13-7-4-8-14-15(13)17-11(2)21-14/h3,5-6,9,13H,4,7-8H2,1-2H3,(H2,18,19,20)/t13-/m0/s1. The molecule has 0 radical (unpaired) electrons. The fraction of sp³-hybridized carbons (Fsp3) is 0.375. The van der Waals surface area contributed by atoms with Crippen molar-refractivity contribution in [2.45, 2.75) is 39.2 Å². The number of hydrogen-bond acceptors (Lipinski definition) is 3. The monoisotopic (exact) mass is 301 g/mol. The van der Waals surface area contributed by atoms with E-state index in [1.165, 1.54) is 4.88 Å². The van der Waals surface area contributed by atoms with Crippen molar-refractivity contribution in [2.75, 3.05) is 5.32 Å². The van der Waals surface area contributed by atoms with Crippen molar-refractivity contribution in [3.63, 3.8) is 0 Å². The van der Waals surface area contributed by atoms with Crippen LogP contribution in [0, 0.1) is 13.8 Å². The molecular weight excluding hydrogens is 282 g/mol. The highest BCUT2D eigenvalue weighted by molar-refractivity contribution is 7.11. The smallest absolute Gasteiger partial charge is 0.319 e. The first-order chi connectivity index (χ1) is 10.1. The Balaban J connectivity index is 1.68. The molecule has 1 aliphatic carbocycles. The van der Waals surface area contributed by atoms with Crippen molar-refractivity contribution in [3.8, 4) is 0 Å². The largest absolute Gasteiger partial charge is 0.329 e. The zero-order valence-corrected chi connectivity index (χ0v) is 13.1. The molecule has 1 aromatic heterocycles. The summed E-state index contributed by atoms with van der Waals surface area (Å²) in [7, 11) is 0. The van der Waals surface area contributed by atoms with Crippen LogP contribution in [0.1, 0.15) is 40.0 Å². The van der Waals surface area contributed by atoms with Gasteiger partial charge in [-0.2, -0.15) is 0 Å². The Hall–Kier alpha value is -1.88. The molecule has 0 saturated heterocycles. The molecule has 3 rings (SSSR count). The van der Waals surface area contributed by atoms with Gasteiger partial charge in [0.15, 0.2) is 0 Å². The molecule has 2 amide bonds. The lowest BCUT2D eigenvalue weighted by molar-refractivity contribution is 0.247. The fourth-order valence-corrected chi connectivity index (χ4v) is 3.77. The summed E-state index contributed by atoms with van der Waals surface area (Å²) in [5, 5.41) is 7.02. The van der Waals surface area contributed by atoms with Crippen LogP contribution in [0.25, 0.3) is 0 Å². The highest BCUT2D eigenvalue weighted by Crippen LogP contribution is 2.33. The summed E-state index contributed by atoms with van der Waals surface area (Å²) < 4.78 is 0. The van der Waals surface area contributed by atoms with Crippen LogP contribution >= 0.6 is 11.3 Å². The number of nitrogens with one attached hydrogen (secondary N) is 2. The number of amides is 2. The number of hydrogen-bond donors (Lipinski definition) is 2. The average Bonchev–Trinajstić information content (AvgIpc) is 2.80. The molecule has 0 unspecified atom stereocenters. The topological polar surface area (TPSA) is 54.0 Å². The molecule has 21 heavy (non-hydrogen) atoms. The van der Waals surface area contributed by atoms with Crippen molar-refractivity contribution >= 4 is 23.1 Å². The van der Waals surface area contributed by atoms with Crippen molar-refractivity contribution < 1.29 is 4.79 Å². The number of nitrogens with zero attached hydrogens (tertiary/aromatic N) is 1. The molecule has 0 saturated carbocycles. The summed E-state index contributed by atoms with van der Waals surface area (Å²) in [5.41, 5.74) is 3.00. The lowest BCUT2D eigenvalue weighted by Crippen LogP contribution is -2.34. The van der Waals surface area contributed by atoms with E-state index in [9.17, 15) is 4.79 Å². The second kappa shape index (κ2) is 5.85. The Kier molecular flexibility index (Phi) is 3.92. The van der Waals surface area contributed by atoms with Gasteiger partial charge in [-0.15, -0.1) is 11.3 Å². The van der Waals surface area contributed by atoms with Gasteiger partial charge in [-0.25, -0.2) is 9.78 Å². The maximum atomic E-state index is 12.2. The van der Waals surface area contributed by atoms with Gasteiger partial charge in [0, 0.05) is 10.6 Å². The first-order valence-electron chi connectivity index (χ1n) is 7.22. The lowest BCUT2D eigenvalue weighted by atomic mass is 9.98. The zero-order chi connectivity index (χ0) is 14.8. The van der Waals surface area contributed by atoms with Gasteiger partial charge < -0.3 is 10.6 Å². The van der Waals surface area contributed by atoms with Gasteiger partial charge in [-0.1, -0.05) is 12.1 Å². The molecule has 4 nitrogen and oxygen atoms in total. The van der Waals surface area contributed by atoms with Gasteiger partial charge in [-0.3, -0.25) is 0 Å². The first-order valence-corrected chi connectivity index (χ1v) is 8.04. The highest BCUT2D eigenvalue weighted by Gasteiger charge is 2.25. The SMILES string of the molecule is Cc1cccc(NC(=O)N[C@H]2CCCc3sc(C)nc32)c1. The Morgan fingerprint density at radius 2 is 2.24 bits per heavy atom. The molecule has 110 valence electrons. The quantitative estimate of drug-likeness (QED) is 0.882. The first kappa shape index (κ1) is 14.1. The second-order valence-electron chi connectivity index (χ2n) is 5.45. The minimum atomic E-state index is -0.163. The van der Waals surface area contributed by atoms with E-state index in [2.05, 4.69) is 15.6 Å².